The first kappa shape index (κ1) is 4.77. The zero-order valence-corrected chi connectivity index (χ0v) is 4.84. The Hall–Kier alpha value is -0.0800. The van der Waals surface area contributed by atoms with Gasteiger partial charge in [-0.15, -0.1) is 0 Å². The third-order valence-electron chi connectivity index (χ3n) is 2.15. The van der Waals surface area contributed by atoms with Gasteiger partial charge in [-0.1, -0.05) is 0 Å². The highest BCUT2D eigenvalue weighted by atomic mass is 16.5. The van der Waals surface area contributed by atoms with Crippen molar-refractivity contribution < 1.29 is 4.74 Å². The van der Waals surface area contributed by atoms with Gasteiger partial charge in [0.2, 0.25) is 0 Å². The molecule has 1 saturated carbocycles. The van der Waals surface area contributed by atoms with Gasteiger partial charge in [0.15, 0.2) is 0 Å². The summed E-state index contributed by atoms with van der Waals surface area (Å²) in [5, 5.41) is 0. The lowest BCUT2D eigenvalue weighted by Gasteiger charge is -2.06. The summed E-state index contributed by atoms with van der Waals surface area (Å²) in [6.45, 7) is 0.939. The summed E-state index contributed by atoms with van der Waals surface area (Å²) >= 11 is 0. The molecule has 2 rings (SSSR count). The van der Waals surface area contributed by atoms with Crippen molar-refractivity contribution in [1.82, 2.24) is 0 Å². The van der Waals surface area contributed by atoms with Crippen molar-refractivity contribution >= 4 is 0 Å². The Kier molecular flexibility index (Phi) is 0.866. The van der Waals surface area contributed by atoms with Gasteiger partial charge in [0.05, 0.1) is 6.10 Å². The zero-order valence-electron chi connectivity index (χ0n) is 4.84. The van der Waals surface area contributed by atoms with Crippen LogP contribution >= 0.6 is 0 Å². The summed E-state index contributed by atoms with van der Waals surface area (Å²) in [6, 6.07) is 0.387. The highest BCUT2D eigenvalue weighted by molar-refractivity contribution is 5.04. The van der Waals surface area contributed by atoms with Crippen LogP contribution in [0.15, 0.2) is 0 Å². The number of hydrogen-bond acceptors (Lipinski definition) is 2. The highest BCUT2D eigenvalue weighted by Gasteiger charge is 2.49. The lowest BCUT2D eigenvalue weighted by atomic mass is 10.2. The van der Waals surface area contributed by atoms with Gasteiger partial charge >= 0.3 is 0 Å². The minimum Gasteiger partial charge on any atom is -0.376 e. The van der Waals surface area contributed by atoms with Crippen molar-refractivity contribution in [1.29, 1.82) is 0 Å². The molecule has 0 aromatic heterocycles. The molecule has 2 aliphatic rings. The summed E-state index contributed by atoms with van der Waals surface area (Å²) < 4.78 is 5.34. The quantitative estimate of drug-likeness (QED) is 0.484. The van der Waals surface area contributed by atoms with Crippen molar-refractivity contribution in [3.63, 3.8) is 0 Å². The predicted molar refractivity (Wildman–Crippen MR) is 30.4 cm³/mol. The molecule has 0 bridgehead atoms. The maximum atomic E-state index is 5.65. The molecule has 0 radical (unpaired) electrons. The third-order valence-corrected chi connectivity index (χ3v) is 2.15. The van der Waals surface area contributed by atoms with E-state index in [4.69, 9.17) is 10.5 Å². The van der Waals surface area contributed by atoms with Gasteiger partial charge in [0, 0.05) is 18.6 Å². The fraction of sp³-hybridized carbons (Fsp3) is 1.00. The first-order chi connectivity index (χ1) is 3.89. The molecule has 0 amide bonds. The minimum atomic E-state index is 0.387. The number of rotatable bonds is 0. The number of nitrogens with two attached hydrogens (primary N) is 1. The Balaban J connectivity index is 1.97. The molecular weight excluding hydrogens is 102 g/mol. The van der Waals surface area contributed by atoms with Gasteiger partial charge in [-0.3, -0.25) is 0 Å². The first-order valence-corrected chi connectivity index (χ1v) is 3.27. The summed E-state index contributed by atoms with van der Waals surface area (Å²) in [5.41, 5.74) is 5.65. The molecule has 0 aromatic rings. The molecule has 3 atom stereocenters. The van der Waals surface area contributed by atoms with Crippen molar-refractivity contribution in [2.45, 2.75) is 25.0 Å². The largest absolute Gasteiger partial charge is 0.376 e. The van der Waals surface area contributed by atoms with Crippen molar-refractivity contribution in [3.8, 4) is 0 Å². The maximum Gasteiger partial charge on any atom is 0.0773 e. The molecule has 1 aliphatic heterocycles. The number of ether oxygens (including phenoxy) is 1. The topological polar surface area (TPSA) is 35.2 Å². The molecule has 0 aromatic carbocycles. The molecule has 8 heavy (non-hydrogen) atoms. The molecule has 2 nitrogen and oxygen atoms in total. The molecule has 46 valence electrons. The summed E-state index contributed by atoms with van der Waals surface area (Å²) in [4.78, 5) is 0. The van der Waals surface area contributed by atoms with Crippen LogP contribution in [0.3, 0.4) is 0 Å². The molecule has 2 N–H and O–H groups in total. The monoisotopic (exact) mass is 113 g/mol. The van der Waals surface area contributed by atoms with Gasteiger partial charge in [0.25, 0.3) is 0 Å². The molecule has 2 fully saturated rings. The van der Waals surface area contributed by atoms with Gasteiger partial charge in [-0.2, -0.15) is 0 Å². The average molecular weight is 113 g/mol. The van der Waals surface area contributed by atoms with E-state index in [1.807, 2.05) is 0 Å². The lowest BCUT2D eigenvalue weighted by molar-refractivity contribution is 0.0783. The summed E-state index contributed by atoms with van der Waals surface area (Å²) in [7, 11) is 0. The number of fused-ring (bicyclic) bond motifs is 1. The Morgan fingerprint density at radius 1 is 1.50 bits per heavy atom. The second-order valence-electron chi connectivity index (χ2n) is 2.72. The van der Waals surface area contributed by atoms with Gasteiger partial charge in [0.1, 0.15) is 0 Å². The molecule has 0 unspecified atom stereocenters. The van der Waals surface area contributed by atoms with E-state index in [-0.39, 0.29) is 0 Å². The summed E-state index contributed by atoms with van der Waals surface area (Å²) in [5.74, 6) is 0.726. The molecule has 0 spiro atoms. The molecule has 2 heteroatoms. The normalized spacial score (nSPS) is 52.9. The Morgan fingerprint density at radius 2 is 2.38 bits per heavy atom. The van der Waals surface area contributed by atoms with Gasteiger partial charge < -0.3 is 10.5 Å². The van der Waals surface area contributed by atoms with Crippen LogP contribution in [0.5, 0.6) is 0 Å². The maximum absolute atomic E-state index is 5.65. The summed E-state index contributed by atoms with van der Waals surface area (Å²) in [6.07, 6.45) is 2.96. The van der Waals surface area contributed by atoms with Crippen LogP contribution in [-0.2, 0) is 4.74 Å². The van der Waals surface area contributed by atoms with E-state index >= 15 is 0 Å². The van der Waals surface area contributed by atoms with Crippen LogP contribution in [0.25, 0.3) is 0 Å². The van der Waals surface area contributed by atoms with E-state index in [2.05, 4.69) is 0 Å². The van der Waals surface area contributed by atoms with Crippen LogP contribution in [0.4, 0.5) is 0 Å². The standard InChI is InChI=1S/C6H11NO/c7-5-4-2-1-3-8-6(4)5/h4-6H,1-3,7H2/t4-,5-,6+/m0/s1. The van der Waals surface area contributed by atoms with E-state index in [0.717, 1.165) is 12.5 Å². The molecule has 1 aliphatic carbocycles. The second-order valence-corrected chi connectivity index (χ2v) is 2.72. The third kappa shape index (κ3) is 0.501. The SMILES string of the molecule is N[C@H]1[C@@H]2CCCO[C@@H]12. The lowest BCUT2D eigenvalue weighted by Crippen LogP contribution is -2.08. The minimum absolute atomic E-state index is 0.387. The fourth-order valence-electron chi connectivity index (χ4n) is 1.50. The van der Waals surface area contributed by atoms with Crippen molar-refractivity contribution in [2.24, 2.45) is 11.7 Å². The Labute approximate surface area is 49.0 Å². The van der Waals surface area contributed by atoms with E-state index in [9.17, 15) is 0 Å². The van der Waals surface area contributed by atoms with E-state index in [1.54, 1.807) is 0 Å². The van der Waals surface area contributed by atoms with Crippen LogP contribution in [0, 0.1) is 5.92 Å². The Bertz CT molecular complexity index is 92.7. The zero-order chi connectivity index (χ0) is 5.56. The van der Waals surface area contributed by atoms with Crippen LogP contribution in [-0.4, -0.2) is 18.8 Å². The predicted octanol–water partition coefficient (Wildman–Crippen LogP) is 0.122. The average Bonchev–Trinajstić information content (AvgIpc) is 2.46. The first-order valence-electron chi connectivity index (χ1n) is 3.27. The number of hydrogen-bond donors (Lipinski definition) is 1. The smallest absolute Gasteiger partial charge is 0.0773 e. The van der Waals surface area contributed by atoms with Crippen LogP contribution in [0.2, 0.25) is 0 Å². The van der Waals surface area contributed by atoms with Crippen molar-refractivity contribution in [3.05, 3.63) is 0 Å². The molecular formula is C6H11NO. The second kappa shape index (κ2) is 1.45. The Morgan fingerprint density at radius 3 is 2.88 bits per heavy atom. The van der Waals surface area contributed by atoms with Crippen LogP contribution < -0.4 is 5.73 Å². The van der Waals surface area contributed by atoms with E-state index in [1.165, 1.54) is 12.8 Å². The van der Waals surface area contributed by atoms with Gasteiger partial charge in [-0.25, -0.2) is 0 Å². The fourth-order valence-corrected chi connectivity index (χ4v) is 1.50. The van der Waals surface area contributed by atoms with E-state index in [0.29, 0.717) is 12.1 Å². The van der Waals surface area contributed by atoms with E-state index < -0.39 is 0 Å². The van der Waals surface area contributed by atoms with Gasteiger partial charge in [-0.05, 0) is 12.8 Å². The van der Waals surface area contributed by atoms with Crippen molar-refractivity contribution in [2.75, 3.05) is 6.61 Å². The van der Waals surface area contributed by atoms with Crippen LogP contribution in [0.1, 0.15) is 12.8 Å². The molecule has 1 saturated heterocycles. The highest BCUT2D eigenvalue weighted by Crippen LogP contribution is 2.39. The molecule has 1 heterocycles.